The summed E-state index contributed by atoms with van der Waals surface area (Å²) in [5.41, 5.74) is 2.55. The fourth-order valence-corrected chi connectivity index (χ4v) is 2.61. The van der Waals surface area contributed by atoms with Gasteiger partial charge in [-0.15, -0.1) is 12.4 Å². The molecule has 0 radical (unpaired) electrons. The molecule has 19 heavy (non-hydrogen) atoms. The van der Waals surface area contributed by atoms with E-state index in [4.69, 9.17) is 0 Å². The Balaban J connectivity index is 0.00000180. The van der Waals surface area contributed by atoms with Crippen molar-refractivity contribution >= 4 is 12.4 Å². The maximum absolute atomic E-state index is 4.59. The largest absolute Gasteiger partial charge is 0.316 e. The lowest BCUT2D eigenvalue weighted by atomic mass is 10.1. The van der Waals surface area contributed by atoms with Gasteiger partial charge in [-0.05, 0) is 47.2 Å². The van der Waals surface area contributed by atoms with E-state index in [0.717, 1.165) is 13.1 Å². The van der Waals surface area contributed by atoms with Crippen LogP contribution in [0.3, 0.4) is 0 Å². The molecule has 0 amide bonds. The fourth-order valence-electron chi connectivity index (χ4n) is 2.61. The number of nitrogens with zero attached hydrogens (tertiary/aromatic N) is 3. The number of hydrogen-bond donors (Lipinski definition) is 1. The van der Waals surface area contributed by atoms with Gasteiger partial charge in [0.25, 0.3) is 0 Å². The van der Waals surface area contributed by atoms with E-state index in [1.165, 1.54) is 30.6 Å². The van der Waals surface area contributed by atoms with E-state index < -0.39 is 0 Å². The highest BCUT2D eigenvalue weighted by Crippen LogP contribution is 2.16. The molecule has 0 bridgehead atoms. The molecule has 1 aliphatic heterocycles. The highest BCUT2D eigenvalue weighted by molar-refractivity contribution is 5.85. The Kier molecular flexibility index (Phi) is 6.30. The highest BCUT2D eigenvalue weighted by atomic mass is 35.5. The first-order valence-corrected chi connectivity index (χ1v) is 7.04. The molecule has 1 unspecified atom stereocenters. The summed E-state index contributed by atoms with van der Waals surface area (Å²) in [6.45, 7) is 9.88. The molecule has 5 heteroatoms. The first-order chi connectivity index (χ1) is 8.60. The lowest BCUT2D eigenvalue weighted by molar-refractivity contribution is 0.187. The number of likely N-dealkylation sites (tertiary alicyclic amines) is 1. The summed E-state index contributed by atoms with van der Waals surface area (Å²) in [6.07, 6.45) is 4.81. The number of likely N-dealkylation sites (N-methyl/N-ethyl adjacent to an activating group) is 1. The summed E-state index contributed by atoms with van der Waals surface area (Å²) in [4.78, 5) is 2.54. The lowest BCUT2D eigenvalue weighted by Crippen LogP contribution is -2.43. The molecule has 1 atom stereocenters. The average molecular weight is 287 g/mol. The first-order valence-electron chi connectivity index (χ1n) is 7.04. The number of halogens is 1. The Hall–Kier alpha value is -0.580. The molecule has 0 saturated carbocycles. The van der Waals surface area contributed by atoms with Crippen LogP contribution < -0.4 is 5.32 Å². The van der Waals surface area contributed by atoms with Gasteiger partial charge in [0.1, 0.15) is 0 Å². The minimum Gasteiger partial charge on any atom is -0.316 e. The Bertz CT molecular complexity index is 389. The van der Waals surface area contributed by atoms with Gasteiger partial charge in [0.2, 0.25) is 0 Å². The third kappa shape index (κ3) is 4.20. The predicted octanol–water partition coefficient (Wildman–Crippen LogP) is 2.38. The van der Waals surface area contributed by atoms with Crippen molar-refractivity contribution in [2.75, 3.05) is 20.1 Å². The molecule has 0 aliphatic carbocycles. The number of aromatic nitrogens is 2. The molecule has 1 aromatic rings. The summed E-state index contributed by atoms with van der Waals surface area (Å²) in [6, 6.07) is 1.10. The molecule has 0 spiro atoms. The van der Waals surface area contributed by atoms with Crippen LogP contribution in [0.1, 0.15) is 44.0 Å². The van der Waals surface area contributed by atoms with E-state index in [2.05, 4.69) is 54.0 Å². The highest BCUT2D eigenvalue weighted by Gasteiger charge is 2.19. The molecule has 0 aromatic carbocycles. The van der Waals surface area contributed by atoms with Crippen molar-refractivity contribution in [1.82, 2.24) is 20.0 Å². The van der Waals surface area contributed by atoms with Gasteiger partial charge in [-0.25, -0.2) is 0 Å². The van der Waals surface area contributed by atoms with Gasteiger partial charge < -0.3 is 5.32 Å². The first kappa shape index (κ1) is 16.5. The van der Waals surface area contributed by atoms with Gasteiger partial charge in [-0.3, -0.25) is 9.58 Å². The van der Waals surface area contributed by atoms with E-state index in [1.54, 1.807) is 0 Å². The van der Waals surface area contributed by atoms with Crippen molar-refractivity contribution in [2.45, 2.75) is 52.2 Å². The molecule has 1 N–H and O–H groups in total. The molecule has 1 fully saturated rings. The summed E-state index contributed by atoms with van der Waals surface area (Å²) in [7, 11) is 2.07. The Morgan fingerprint density at radius 3 is 2.79 bits per heavy atom. The van der Waals surface area contributed by atoms with Crippen LogP contribution in [0, 0.1) is 6.92 Å². The smallest absolute Gasteiger partial charge is 0.0638 e. The Morgan fingerprint density at radius 2 is 2.21 bits per heavy atom. The van der Waals surface area contributed by atoms with Gasteiger partial charge in [0.05, 0.1) is 5.69 Å². The number of rotatable bonds is 4. The third-order valence-electron chi connectivity index (χ3n) is 3.86. The van der Waals surface area contributed by atoms with Gasteiger partial charge in [-0.1, -0.05) is 0 Å². The van der Waals surface area contributed by atoms with E-state index in [1.807, 2.05) is 0 Å². The van der Waals surface area contributed by atoms with Gasteiger partial charge >= 0.3 is 0 Å². The molecule has 2 heterocycles. The molecule has 1 aromatic heterocycles. The van der Waals surface area contributed by atoms with Crippen LogP contribution in [0.5, 0.6) is 0 Å². The van der Waals surface area contributed by atoms with E-state index in [0.29, 0.717) is 12.1 Å². The van der Waals surface area contributed by atoms with Gasteiger partial charge in [0, 0.05) is 36.9 Å². The maximum Gasteiger partial charge on any atom is 0.0638 e. The molecule has 110 valence electrons. The van der Waals surface area contributed by atoms with Gasteiger partial charge in [0.15, 0.2) is 0 Å². The third-order valence-corrected chi connectivity index (χ3v) is 3.86. The van der Waals surface area contributed by atoms with Crippen LogP contribution >= 0.6 is 12.4 Å². The van der Waals surface area contributed by atoms with Crippen molar-refractivity contribution < 1.29 is 0 Å². The molecule has 2 rings (SSSR count). The molecular weight excluding hydrogens is 260 g/mol. The second kappa shape index (κ2) is 7.27. The SMILES string of the molecule is CNC1CCCN(Cc2cn(C(C)C)nc2C)C1.Cl. The number of nitrogens with one attached hydrogen (secondary N) is 1. The van der Waals surface area contributed by atoms with Crippen LogP contribution in [0.25, 0.3) is 0 Å². The van der Waals surface area contributed by atoms with Crippen LogP contribution in [0.15, 0.2) is 6.20 Å². The average Bonchev–Trinajstić information content (AvgIpc) is 2.71. The van der Waals surface area contributed by atoms with Crippen LogP contribution in [-0.2, 0) is 6.54 Å². The second-order valence-corrected chi connectivity index (χ2v) is 5.68. The molecule has 1 saturated heterocycles. The van der Waals surface area contributed by atoms with Crippen LogP contribution in [0.4, 0.5) is 0 Å². The van der Waals surface area contributed by atoms with E-state index >= 15 is 0 Å². The molecule has 4 nitrogen and oxygen atoms in total. The van der Waals surface area contributed by atoms with Gasteiger partial charge in [-0.2, -0.15) is 5.10 Å². The quantitative estimate of drug-likeness (QED) is 0.923. The van der Waals surface area contributed by atoms with Crippen molar-refractivity contribution in [3.05, 3.63) is 17.5 Å². The van der Waals surface area contributed by atoms with Crippen molar-refractivity contribution in [3.63, 3.8) is 0 Å². The number of piperidine rings is 1. The summed E-state index contributed by atoms with van der Waals surface area (Å²) in [5.74, 6) is 0. The monoisotopic (exact) mass is 286 g/mol. The standard InChI is InChI=1S/C14H26N4.ClH/c1-11(2)18-9-13(12(3)16-18)8-17-7-5-6-14(10-17)15-4;/h9,11,14-15H,5-8,10H2,1-4H3;1H. The minimum atomic E-state index is 0. The second-order valence-electron chi connectivity index (χ2n) is 5.68. The molecular formula is C14H27ClN4. The predicted molar refractivity (Wildman–Crippen MR) is 82.0 cm³/mol. The van der Waals surface area contributed by atoms with Crippen molar-refractivity contribution in [3.8, 4) is 0 Å². The summed E-state index contributed by atoms with van der Waals surface area (Å²) in [5, 5.41) is 7.98. The zero-order chi connectivity index (χ0) is 13.1. The van der Waals surface area contributed by atoms with Crippen LogP contribution in [-0.4, -0.2) is 40.9 Å². The van der Waals surface area contributed by atoms with Crippen molar-refractivity contribution in [2.24, 2.45) is 0 Å². The Morgan fingerprint density at radius 1 is 1.47 bits per heavy atom. The van der Waals surface area contributed by atoms with Crippen molar-refractivity contribution in [1.29, 1.82) is 0 Å². The fraction of sp³-hybridized carbons (Fsp3) is 0.786. The molecule has 1 aliphatic rings. The number of hydrogen-bond acceptors (Lipinski definition) is 3. The number of aryl methyl sites for hydroxylation is 1. The topological polar surface area (TPSA) is 33.1 Å². The minimum absolute atomic E-state index is 0. The zero-order valence-corrected chi connectivity index (χ0v) is 13.3. The zero-order valence-electron chi connectivity index (χ0n) is 12.5. The normalized spacial score (nSPS) is 20.6. The van der Waals surface area contributed by atoms with Crippen LogP contribution in [0.2, 0.25) is 0 Å². The summed E-state index contributed by atoms with van der Waals surface area (Å²) < 4.78 is 2.07. The summed E-state index contributed by atoms with van der Waals surface area (Å²) >= 11 is 0. The lowest BCUT2D eigenvalue weighted by Gasteiger charge is -2.32. The van der Waals surface area contributed by atoms with E-state index in [9.17, 15) is 0 Å². The maximum atomic E-state index is 4.59. The van der Waals surface area contributed by atoms with E-state index in [-0.39, 0.29) is 12.4 Å². The Labute approximate surface area is 123 Å².